The van der Waals surface area contributed by atoms with Crippen LogP contribution in [0.1, 0.15) is 9.67 Å². The third kappa shape index (κ3) is 5.08. The second-order valence-corrected chi connectivity index (χ2v) is 9.63. The van der Waals surface area contributed by atoms with E-state index in [0.717, 1.165) is 22.5 Å². The van der Waals surface area contributed by atoms with Crippen LogP contribution in [0.15, 0.2) is 89.7 Å². The number of rotatable bonds is 6. The standard InChI is InChI=1S/C24H18Cl2N6O2S/c25-21-8-4-15(12-27-21)18-11-17(31-10-2-1-3-23(31)33)5-6-19(18)32-14-16(29-30-32)13-28-24(34)20-7-9-22(26)35-20/h1-12,14,29-30H,13H2,(H,28,34). The molecule has 0 radical (unpaired) electrons. The van der Waals surface area contributed by atoms with Gasteiger partial charge in [-0.25, -0.2) is 4.98 Å². The van der Waals surface area contributed by atoms with Gasteiger partial charge in [-0.15, -0.1) is 16.9 Å². The lowest BCUT2D eigenvalue weighted by molar-refractivity contribution is 0.0960. The molecule has 5 rings (SSSR count). The van der Waals surface area contributed by atoms with Crippen LogP contribution in [0, 0.1) is 0 Å². The van der Waals surface area contributed by atoms with Crippen molar-refractivity contribution in [3.05, 3.63) is 110 Å². The highest BCUT2D eigenvalue weighted by Gasteiger charge is 2.19. The van der Waals surface area contributed by atoms with Crippen LogP contribution in [0.2, 0.25) is 9.49 Å². The predicted molar refractivity (Wildman–Crippen MR) is 139 cm³/mol. The first kappa shape index (κ1) is 23.1. The Morgan fingerprint density at radius 2 is 1.97 bits per heavy atom. The highest BCUT2D eigenvalue weighted by atomic mass is 35.5. The van der Waals surface area contributed by atoms with E-state index in [2.05, 4.69) is 21.3 Å². The first-order chi connectivity index (χ1) is 17.0. The SMILES string of the molecule is O=C(NCC1=CN(c2ccc(-n3ccccc3=O)cc2-c2ccc(Cl)nc2)NN1)c1ccc(Cl)s1. The average Bonchev–Trinajstić information content (AvgIpc) is 3.52. The quantitative estimate of drug-likeness (QED) is 0.324. The van der Waals surface area contributed by atoms with E-state index in [1.165, 1.54) is 17.4 Å². The molecule has 0 fully saturated rings. The summed E-state index contributed by atoms with van der Waals surface area (Å²) in [6.45, 7) is 0.285. The molecule has 0 bridgehead atoms. The number of halogens is 2. The number of hydrazine groups is 2. The zero-order valence-electron chi connectivity index (χ0n) is 18.0. The fourth-order valence-electron chi connectivity index (χ4n) is 3.56. The molecule has 35 heavy (non-hydrogen) atoms. The Balaban J connectivity index is 1.44. The van der Waals surface area contributed by atoms with Crippen LogP contribution in [0.3, 0.4) is 0 Å². The van der Waals surface area contributed by atoms with Crippen molar-refractivity contribution in [3.63, 3.8) is 0 Å². The molecular weight excluding hydrogens is 507 g/mol. The predicted octanol–water partition coefficient (Wildman–Crippen LogP) is 4.37. The van der Waals surface area contributed by atoms with Crippen molar-refractivity contribution in [2.24, 2.45) is 0 Å². The van der Waals surface area contributed by atoms with Crippen molar-refractivity contribution in [2.75, 3.05) is 11.6 Å². The van der Waals surface area contributed by atoms with Crippen molar-refractivity contribution in [3.8, 4) is 16.8 Å². The molecule has 1 amide bonds. The maximum Gasteiger partial charge on any atom is 0.261 e. The van der Waals surface area contributed by atoms with Crippen molar-refractivity contribution < 1.29 is 4.79 Å². The van der Waals surface area contributed by atoms with Crippen LogP contribution in [0.4, 0.5) is 5.69 Å². The Kier molecular flexibility index (Phi) is 6.56. The Morgan fingerprint density at radius 1 is 1.09 bits per heavy atom. The Hall–Kier alpha value is -3.63. The monoisotopic (exact) mass is 524 g/mol. The summed E-state index contributed by atoms with van der Waals surface area (Å²) < 4.78 is 2.13. The Bertz CT molecular complexity index is 1480. The number of hydrogen-bond donors (Lipinski definition) is 3. The smallest absolute Gasteiger partial charge is 0.261 e. The van der Waals surface area contributed by atoms with Gasteiger partial charge in [-0.1, -0.05) is 29.3 Å². The lowest BCUT2D eigenvalue weighted by atomic mass is 10.0. The van der Waals surface area contributed by atoms with Crippen LogP contribution in [0.25, 0.3) is 16.8 Å². The molecule has 11 heteroatoms. The normalized spacial score (nSPS) is 12.9. The summed E-state index contributed by atoms with van der Waals surface area (Å²) >= 11 is 13.1. The van der Waals surface area contributed by atoms with Crippen LogP contribution in [0.5, 0.6) is 0 Å². The van der Waals surface area contributed by atoms with Crippen LogP contribution in [-0.2, 0) is 0 Å². The molecule has 0 atom stereocenters. The molecule has 0 unspecified atom stereocenters. The topological polar surface area (TPSA) is 91.3 Å². The number of benzene rings is 1. The summed E-state index contributed by atoms with van der Waals surface area (Å²) in [7, 11) is 0. The van der Waals surface area contributed by atoms with Gasteiger partial charge in [0, 0.05) is 41.5 Å². The number of aromatic nitrogens is 2. The molecule has 4 aromatic rings. The van der Waals surface area contributed by atoms with Crippen LogP contribution < -0.4 is 26.8 Å². The highest BCUT2D eigenvalue weighted by Crippen LogP contribution is 2.33. The van der Waals surface area contributed by atoms with Crippen molar-refractivity contribution >= 4 is 46.1 Å². The van der Waals surface area contributed by atoms with Gasteiger partial charge in [0.25, 0.3) is 11.5 Å². The van der Waals surface area contributed by atoms with E-state index in [-0.39, 0.29) is 18.0 Å². The number of anilines is 1. The van der Waals surface area contributed by atoms with Gasteiger partial charge in [-0.05, 0) is 48.5 Å². The molecule has 1 aliphatic rings. The van der Waals surface area contributed by atoms with Gasteiger partial charge in [-0.2, -0.15) is 0 Å². The fraction of sp³-hybridized carbons (Fsp3) is 0.0417. The van der Waals surface area contributed by atoms with E-state index in [4.69, 9.17) is 23.2 Å². The summed E-state index contributed by atoms with van der Waals surface area (Å²) in [5.74, 6) is -0.200. The zero-order chi connectivity index (χ0) is 24.4. The average molecular weight is 525 g/mol. The minimum Gasteiger partial charge on any atom is -0.346 e. The van der Waals surface area contributed by atoms with Crippen LogP contribution in [-0.4, -0.2) is 22.0 Å². The minimum atomic E-state index is -0.200. The number of pyridine rings is 2. The highest BCUT2D eigenvalue weighted by molar-refractivity contribution is 7.18. The third-order valence-corrected chi connectivity index (χ3v) is 6.69. The first-order valence-electron chi connectivity index (χ1n) is 10.5. The number of thiophene rings is 1. The van der Waals surface area contributed by atoms with Gasteiger partial charge < -0.3 is 10.7 Å². The number of nitrogens with zero attached hydrogens (tertiary/aromatic N) is 3. The van der Waals surface area contributed by atoms with E-state index in [1.807, 2.05) is 30.5 Å². The molecule has 0 spiro atoms. The van der Waals surface area contributed by atoms with E-state index in [0.29, 0.717) is 20.1 Å². The molecular formula is C24H18Cl2N6O2S. The summed E-state index contributed by atoms with van der Waals surface area (Å²) in [6, 6.07) is 17.7. The molecule has 4 heterocycles. The number of nitrogens with one attached hydrogen (secondary N) is 3. The van der Waals surface area contributed by atoms with Gasteiger partial charge in [-0.3, -0.25) is 19.2 Å². The Morgan fingerprint density at radius 3 is 2.71 bits per heavy atom. The largest absolute Gasteiger partial charge is 0.346 e. The van der Waals surface area contributed by atoms with Crippen molar-refractivity contribution in [2.45, 2.75) is 0 Å². The van der Waals surface area contributed by atoms with Gasteiger partial charge in [0.2, 0.25) is 0 Å². The zero-order valence-corrected chi connectivity index (χ0v) is 20.4. The van der Waals surface area contributed by atoms with Crippen molar-refractivity contribution in [1.82, 2.24) is 25.8 Å². The number of amides is 1. The minimum absolute atomic E-state index is 0.133. The second-order valence-electron chi connectivity index (χ2n) is 7.53. The van der Waals surface area contributed by atoms with Crippen molar-refractivity contribution in [1.29, 1.82) is 0 Å². The first-order valence-corrected chi connectivity index (χ1v) is 12.0. The summed E-state index contributed by atoms with van der Waals surface area (Å²) in [5, 5.41) is 5.05. The van der Waals surface area contributed by atoms with Gasteiger partial charge in [0.1, 0.15) is 5.15 Å². The second kappa shape index (κ2) is 9.93. The maximum atomic E-state index is 12.4. The van der Waals surface area contributed by atoms with Gasteiger partial charge in [0.15, 0.2) is 0 Å². The molecule has 0 aliphatic carbocycles. The number of carbonyl (C=O) groups excluding carboxylic acids is 1. The fourth-order valence-corrected chi connectivity index (χ4v) is 4.63. The Labute approximate surface area is 214 Å². The molecule has 3 N–H and O–H groups in total. The van der Waals surface area contributed by atoms with E-state index >= 15 is 0 Å². The molecule has 0 saturated heterocycles. The molecule has 176 valence electrons. The molecule has 0 saturated carbocycles. The van der Waals surface area contributed by atoms with E-state index in [9.17, 15) is 9.59 Å². The van der Waals surface area contributed by atoms with E-state index in [1.54, 1.807) is 52.3 Å². The van der Waals surface area contributed by atoms with E-state index < -0.39 is 0 Å². The lowest BCUT2D eigenvalue weighted by Crippen LogP contribution is -2.38. The van der Waals surface area contributed by atoms with Gasteiger partial charge in [0.05, 0.1) is 27.1 Å². The number of hydrogen-bond acceptors (Lipinski definition) is 7. The van der Waals surface area contributed by atoms with Crippen LogP contribution >= 0.6 is 34.5 Å². The molecule has 8 nitrogen and oxygen atoms in total. The lowest BCUT2D eigenvalue weighted by Gasteiger charge is -2.20. The summed E-state index contributed by atoms with van der Waals surface area (Å²) in [5.41, 5.74) is 9.94. The molecule has 1 aromatic carbocycles. The third-order valence-electron chi connectivity index (χ3n) is 5.24. The summed E-state index contributed by atoms with van der Waals surface area (Å²) in [6.07, 6.45) is 5.25. The molecule has 3 aromatic heterocycles. The van der Waals surface area contributed by atoms with Gasteiger partial charge >= 0.3 is 0 Å². The molecule has 1 aliphatic heterocycles. The number of carbonyl (C=O) groups is 1. The summed E-state index contributed by atoms with van der Waals surface area (Å²) in [4.78, 5) is 29.5. The maximum absolute atomic E-state index is 12.4.